The van der Waals surface area contributed by atoms with Crippen LogP contribution < -0.4 is 0 Å². The third kappa shape index (κ3) is 2.96. The molecule has 0 saturated heterocycles. The molecular formula is C14H16O7. The fourth-order valence-electron chi connectivity index (χ4n) is 2.14. The van der Waals surface area contributed by atoms with Gasteiger partial charge >= 0.3 is 5.97 Å². The molecular weight excluding hydrogens is 280 g/mol. The van der Waals surface area contributed by atoms with Gasteiger partial charge in [0.15, 0.2) is 11.4 Å². The molecule has 0 aromatic heterocycles. The average Bonchev–Trinajstić information content (AvgIpc) is 2.50. The van der Waals surface area contributed by atoms with E-state index in [9.17, 15) is 30.0 Å². The molecule has 1 aliphatic rings. The number of esters is 1. The molecule has 0 spiro atoms. The van der Waals surface area contributed by atoms with Gasteiger partial charge in [-0.2, -0.15) is 0 Å². The Morgan fingerprint density at radius 2 is 1.86 bits per heavy atom. The first kappa shape index (κ1) is 15.6. The second-order valence-corrected chi connectivity index (χ2v) is 5.00. The van der Waals surface area contributed by atoms with Crippen molar-refractivity contribution >= 4 is 11.8 Å². The van der Waals surface area contributed by atoms with E-state index in [2.05, 4.69) is 0 Å². The first-order valence-electron chi connectivity index (χ1n) is 6.38. The van der Waals surface area contributed by atoms with Crippen LogP contribution in [0, 0.1) is 0 Å². The van der Waals surface area contributed by atoms with Crippen LogP contribution in [-0.4, -0.2) is 62.7 Å². The molecule has 7 heteroatoms. The first-order valence-corrected chi connectivity index (χ1v) is 6.38. The van der Waals surface area contributed by atoms with E-state index in [-0.39, 0.29) is 5.56 Å². The van der Waals surface area contributed by atoms with Gasteiger partial charge in [0.2, 0.25) is 0 Å². The van der Waals surface area contributed by atoms with Crippen molar-refractivity contribution in [3.63, 3.8) is 0 Å². The molecule has 7 nitrogen and oxygen atoms in total. The van der Waals surface area contributed by atoms with E-state index in [1.807, 2.05) is 0 Å². The summed E-state index contributed by atoms with van der Waals surface area (Å²) in [5.41, 5.74) is -2.21. The molecule has 1 aromatic carbocycles. The summed E-state index contributed by atoms with van der Waals surface area (Å²) >= 11 is 0. The van der Waals surface area contributed by atoms with E-state index >= 15 is 0 Å². The molecule has 1 aromatic rings. The number of hydrogen-bond acceptors (Lipinski definition) is 7. The SMILES string of the molecule is O=C(OCC1(O)C(=O)CC(O)C(O)C1O)c1ccccc1. The van der Waals surface area contributed by atoms with Crippen molar-refractivity contribution in [3.8, 4) is 0 Å². The van der Waals surface area contributed by atoms with E-state index in [1.165, 1.54) is 12.1 Å². The van der Waals surface area contributed by atoms with Crippen molar-refractivity contribution < 1.29 is 34.8 Å². The van der Waals surface area contributed by atoms with Crippen molar-refractivity contribution in [1.29, 1.82) is 0 Å². The van der Waals surface area contributed by atoms with Gasteiger partial charge in [0.1, 0.15) is 18.8 Å². The molecule has 0 bridgehead atoms. The van der Waals surface area contributed by atoms with E-state index in [4.69, 9.17) is 4.74 Å². The molecule has 114 valence electrons. The highest BCUT2D eigenvalue weighted by Gasteiger charge is 2.53. The van der Waals surface area contributed by atoms with Crippen LogP contribution in [0.25, 0.3) is 0 Å². The summed E-state index contributed by atoms with van der Waals surface area (Å²) in [6.07, 6.45) is -5.62. The summed E-state index contributed by atoms with van der Waals surface area (Å²) in [4.78, 5) is 23.5. The molecule has 0 heterocycles. The minimum atomic E-state index is -2.43. The maximum atomic E-state index is 11.8. The zero-order chi connectivity index (χ0) is 15.6. The van der Waals surface area contributed by atoms with E-state index in [0.717, 1.165) is 0 Å². The lowest BCUT2D eigenvalue weighted by molar-refractivity contribution is -0.198. The van der Waals surface area contributed by atoms with Crippen molar-refractivity contribution in [2.24, 2.45) is 0 Å². The lowest BCUT2D eigenvalue weighted by Gasteiger charge is -2.39. The minimum absolute atomic E-state index is 0.222. The molecule has 0 amide bonds. The number of carbonyl (C=O) groups is 2. The lowest BCUT2D eigenvalue weighted by atomic mass is 9.78. The van der Waals surface area contributed by atoms with Gasteiger partial charge in [0, 0.05) is 6.42 Å². The number of aliphatic hydroxyl groups is 4. The van der Waals surface area contributed by atoms with Gasteiger partial charge in [0.25, 0.3) is 0 Å². The Morgan fingerprint density at radius 3 is 2.48 bits per heavy atom. The van der Waals surface area contributed by atoms with Gasteiger partial charge in [-0.05, 0) is 12.1 Å². The smallest absolute Gasteiger partial charge is 0.338 e. The zero-order valence-electron chi connectivity index (χ0n) is 11.0. The number of rotatable bonds is 3. The topological polar surface area (TPSA) is 124 Å². The average molecular weight is 296 g/mol. The maximum Gasteiger partial charge on any atom is 0.338 e. The fourth-order valence-corrected chi connectivity index (χ4v) is 2.14. The highest BCUT2D eigenvalue weighted by Crippen LogP contribution is 2.27. The molecule has 2 rings (SSSR count). The van der Waals surface area contributed by atoms with Gasteiger partial charge in [-0.3, -0.25) is 4.79 Å². The second-order valence-electron chi connectivity index (χ2n) is 5.00. The highest BCUT2D eigenvalue weighted by molar-refractivity contribution is 5.92. The molecule has 4 atom stereocenters. The van der Waals surface area contributed by atoms with Gasteiger partial charge in [-0.1, -0.05) is 18.2 Å². The van der Waals surface area contributed by atoms with E-state index < -0.39 is 48.7 Å². The third-order valence-corrected chi connectivity index (χ3v) is 3.52. The summed E-state index contributed by atoms with van der Waals surface area (Å²) in [5.74, 6) is -1.67. The van der Waals surface area contributed by atoms with Crippen LogP contribution in [-0.2, 0) is 9.53 Å². The van der Waals surface area contributed by atoms with Gasteiger partial charge < -0.3 is 25.2 Å². The summed E-state index contributed by atoms with van der Waals surface area (Å²) in [6, 6.07) is 7.92. The number of carbonyl (C=O) groups excluding carboxylic acids is 2. The maximum absolute atomic E-state index is 11.8. The number of hydrogen-bond donors (Lipinski definition) is 4. The van der Waals surface area contributed by atoms with Crippen LogP contribution in [0.2, 0.25) is 0 Å². The Labute approximate surface area is 120 Å². The van der Waals surface area contributed by atoms with Gasteiger partial charge in [-0.25, -0.2) is 4.79 Å². The van der Waals surface area contributed by atoms with Crippen LogP contribution >= 0.6 is 0 Å². The quantitative estimate of drug-likeness (QED) is 0.507. The van der Waals surface area contributed by atoms with Crippen LogP contribution in [0.3, 0.4) is 0 Å². The normalized spacial score (nSPS) is 32.8. The van der Waals surface area contributed by atoms with Crippen LogP contribution in [0.5, 0.6) is 0 Å². The predicted octanol–water partition coefficient (Wildman–Crippen LogP) is -1.37. The Bertz CT molecular complexity index is 529. The minimum Gasteiger partial charge on any atom is -0.458 e. The summed E-state index contributed by atoms with van der Waals surface area (Å²) in [7, 11) is 0. The molecule has 21 heavy (non-hydrogen) atoms. The molecule has 4 unspecified atom stereocenters. The molecule has 1 fully saturated rings. The number of ether oxygens (including phenoxy) is 1. The Hall–Kier alpha value is -1.80. The highest BCUT2D eigenvalue weighted by atomic mass is 16.5. The molecule has 1 saturated carbocycles. The fraction of sp³-hybridized carbons (Fsp3) is 0.429. The Balaban J connectivity index is 2.07. The summed E-state index contributed by atoms with van der Waals surface area (Å²) in [5, 5.41) is 38.8. The zero-order valence-corrected chi connectivity index (χ0v) is 11.0. The van der Waals surface area contributed by atoms with E-state index in [1.54, 1.807) is 18.2 Å². The number of Topliss-reactive ketones (excluding diaryl/α,β-unsaturated/α-hetero) is 1. The predicted molar refractivity (Wildman–Crippen MR) is 69.3 cm³/mol. The van der Waals surface area contributed by atoms with Crippen molar-refractivity contribution in [3.05, 3.63) is 35.9 Å². The van der Waals surface area contributed by atoms with Gasteiger partial charge in [0.05, 0.1) is 11.7 Å². The van der Waals surface area contributed by atoms with Crippen molar-refractivity contribution in [2.45, 2.75) is 30.3 Å². The summed E-state index contributed by atoms with van der Waals surface area (Å²) in [6.45, 7) is -0.801. The molecule has 4 N–H and O–H groups in total. The monoisotopic (exact) mass is 296 g/mol. The van der Waals surface area contributed by atoms with Crippen molar-refractivity contribution in [2.75, 3.05) is 6.61 Å². The van der Waals surface area contributed by atoms with Crippen LogP contribution in [0.1, 0.15) is 16.8 Å². The second kappa shape index (κ2) is 5.90. The van der Waals surface area contributed by atoms with Crippen LogP contribution in [0.4, 0.5) is 0 Å². The van der Waals surface area contributed by atoms with Crippen molar-refractivity contribution in [1.82, 2.24) is 0 Å². The van der Waals surface area contributed by atoms with Gasteiger partial charge in [-0.15, -0.1) is 0 Å². The largest absolute Gasteiger partial charge is 0.458 e. The van der Waals surface area contributed by atoms with E-state index in [0.29, 0.717) is 0 Å². The Kier molecular flexibility index (Phi) is 4.38. The first-order chi connectivity index (χ1) is 9.86. The number of aliphatic hydroxyl groups excluding tert-OH is 3. The number of benzene rings is 1. The Morgan fingerprint density at radius 1 is 1.24 bits per heavy atom. The molecule has 0 aliphatic heterocycles. The number of ketones is 1. The van der Waals surface area contributed by atoms with Crippen LogP contribution in [0.15, 0.2) is 30.3 Å². The lowest BCUT2D eigenvalue weighted by Crippen LogP contribution is -2.65. The third-order valence-electron chi connectivity index (χ3n) is 3.52. The molecule has 0 radical (unpaired) electrons. The standard InChI is InChI=1S/C14H16O7/c15-9-6-10(16)14(20,12(18)11(9)17)7-21-13(19)8-4-2-1-3-5-8/h1-5,9,11-12,15,17-18,20H,6-7H2. The summed E-state index contributed by atoms with van der Waals surface area (Å²) < 4.78 is 4.83. The molecule has 1 aliphatic carbocycles.